The number of carbonyl (C=O) groups is 1. The largest absolute Gasteiger partial charge is 0.326 e. The maximum atomic E-state index is 13.1. The van der Waals surface area contributed by atoms with Crippen LogP contribution in [0.15, 0.2) is 40.7 Å². The molecular formula is C20H23N3OS2. The molecule has 1 aromatic heterocycles. The number of hydrogen-bond acceptors (Lipinski definition) is 5. The number of nitrogens with one attached hydrogen (secondary N) is 2. The highest BCUT2D eigenvalue weighted by molar-refractivity contribution is 8.00. The van der Waals surface area contributed by atoms with Crippen LogP contribution >= 0.6 is 23.3 Å². The Morgan fingerprint density at radius 1 is 1.08 bits per heavy atom. The first-order valence-electron chi connectivity index (χ1n) is 9.42. The predicted molar refractivity (Wildman–Crippen MR) is 107 cm³/mol. The number of rotatable bonds is 5. The lowest BCUT2D eigenvalue weighted by Crippen LogP contribution is -2.51. The number of amides is 1. The summed E-state index contributed by atoms with van der Waals surface area (Å²) in [6.45, 7) is 0. The first kappa shape index (κ1) is 16.6. The summed E-state index contributed by atoms with van der Waals surface area (Å²) in [6.07, 6.45) is 9.21. The van der Waals surface area contributed by atoms with E-state index in [0.717, 1.165) is 52.7 Å². The molecule has 4 saturated carbocycles. The third-order valence-corrected chi connectivity index (χ3v) is 7.94. The van der Waals surface area contributed by atoms with Crippen molar-refractivity contribution in [1.29, 1.82) is 0 Å². The number of hydrogen-bond donors (Lipinski definition) is 2. The number of anilines is 2. The zero-order chi connectivity index (χ0) is 17.6. The first-order chi connectivity index (χ1) is 12.7. The highest BCUT2D eigenvalue weighted by atomic mass is 32.2. The van der Waals surface area contributed by atoms with Gasteiger partial charge in [-0.25, -0.2) is 4.98 Å². The molecule has 26 heavy (non-hydrogen) atoms. The van der Waals surface area contributed by atoms with Gasteiger partial charge in [-0.3, -0.25) is 4.79 Å². The van der Waals surface area contributed by atoms with Gasteiger partial charge in [0.05, 0.1) is 5.41 Å². The van der Waals surface area contributed by atoms with Crippen molar-refractivity contribution in [3.63, 3.8) is 0 Å². The summed E-state index contributed by atoms with van der Waals surface area (Å²) in [4.78, 5) is 18.4. The molecule has 4 fully saturated rings. The minimum Gasteiger partial charge on any atom is -0.326 e. The molecule has 0 aliphatic heterocycles. The summed E-state index contributed by atoms with van der Waals surface area (Å²) in [5, 5.41) is 6.06. The fourth-order valence-corrected chi connectivity index (χ4v) is 6.85. The third-order valence-electron chi connectivity index (χ3n) is 6.32. The second-order valence-corrected chi connectivity index (χ2v) is 9.99. The fourth-order valence-electron chi connectivity index (χ4n) is 5.64. The van der Waals surface area contributed by atoms with Gasteiger partial charge in [0.15, 0.2) is 5.13 Å². The number of thiazole rings is 1. The molecule has 6 rings (SSSR count). The van der Waals surface area contributed by atoms with E-state index in [1.165, 1.54) is 31.2 Å². The number of nitrogens with zero attached hydrogens (tertiary/aromatic N) is 1. The van der Waals surface area contributed by atoms with Crippen LogP contribution in [0.5, 0.6) is 0 Å². The Balaban J connectivity index is 1.23. The predicted octanol–water partition coefficient (Wildman–Crippen LogP) is 5.42. The molecule has 2 aromatic rings. The number of aromatic nitrogens is 1. The van der Waals surface area contributed by atoms with Crippen molar-refractivity contribution in [3.8, 4) is 0 Å². The topological polar surface area (TPSA) is 54.0 Å². The van der Waals surface area contributed by atoms with E-state index < -0.39 is 0 Å². The van der Waals surface area contributed by atoms with E-state index in [4.69, 9.17) is 0 Å². The van der Waals surface area contributed by atoms with Gasteiger partial charge >= 0.3 is 0 Å². The molecule has 6 heteroatoms. The monoisotopic (exact) mass is 385 g/mol. The molecule has 4 bridgehead atoms. The molecule has 0 spiro atoms. The van der Waals surface area contributed by atoms with E-state index >= 15 is 0 Å². The summed E-state index contributed by atoms with van der Waals surface area (Å²) in [5.41, 5.74) is 0.818. The Morgan fingerprint density at radius 3 is 2.31 bits per heavy atom. The zero-order valence-corrected chi connectivity index (χ0v) is 16.2. The normalized spacial score (nSPS) is 31.8. The molecule has 4 nitrogen and oxygen atoms in total. The summed E-state index contributed by atoms with van der Waals surface area (Å²) >= 11 is 3.12. The molecule has 0 atom stereocenters. The number of benzene rings is 1. The molecular weight excluding hydrogens is 362 g/mol. The van der Waals surface area contributed by atoms with Gasteiger partial charge in [-0.15, -0.1) is 11.3 Å². The lowest BCUT2D eigenvalue weighted by molar-refractivity contribution is -0.140. The van der Waals surface area contributed by atoms with Crippen molar-refractivity contribution < 1.29 is 4.79 Å². The lowest BCUT2D eigenvalue weighted by Gasteiger charge is -2.55. The minimum atomic E-state index is -0.0887. The Kier molecular flexibility index (Phi) is 4.20. The highest BCUT2D eigenvalue weighted by Crippen LogP contribution is 2.60. The van der Waals surface area contributed by atoms with Crippen LogP contribution in [0.3, 0.4) is 0 Å². The zero-order valence-electron chi connectivity index (χ0n) is 14.6. The third kappa shape index (κ3) is 3.14. The average Bonchev–Trinajstić information content (AvgIpc) is 3.13. The highest BCUT2D eigenvalue weighted by Gasteiger charge is 2.54. The molecule has 4 aliphatic rings. The SMILES string of the molecule is O=C(Nc1ccc(SNc2nccs2)cc1)C12CC3CC(CC(C3)C1)C2. The van der Waals surface area contributed by atoms with Gasteiger partial charge in [0, 0.05) is 22.2 Å². The second-order valence-electron chi connectivity index (χ2n) is 8.22. The maximum Gasteiger partial charge on any atom is 0.230 e. The van der Waals surface area contributed by atoms with Crippen molar-refractivity contribution in [1.82, 2.24) is 4.98 Å². The molecule has 1 heterocycles. The van der Waals surface area contributed by atoms with E-state index in [-0.39, 0.29) is 11.3 Å². The summed E-state index contributed by atoms with van der Waals surface area (Å²) in [6, 6.07) is 8.09. The van der Waals surface area contributed by atoms with Crippen molar-refractivity contribution >= 4 is 40.0 Å². The van der Waals surface area contributed by atoms with E-state index in [1.807, 2.05) is 29.6 Å². The molecule has 2 N–H and O–H groups in total. The van der Waals surface area contributed by atoms with Crippen LogP contribution in [0.25, 0.3) is 0 Å². The van der Waals surface area contributed by atoms with Crippen LogP contribution in [0.1, 0.15) is 38.5 Å². The standard InChI is InChI=1S/C20H23N3OS2/c24-18(20-10-13-7-14(11-20)9-15(8-13)12-20)22-16-1-3-17(4-2-16)26-23-19-21-5-6-25-19/h1-6,13-15H,7-12H2,(H,21,23)(H,22,24). The lowest BCUT2D eigenvalue weighted by atomic mass is 9.49. The van der Waals surface area contributed by atoms with Crippen LogP contribution in [-0.2, 0) is 4.79 Å². The average molecular weight is 386 g/mol. The molecule has 136 valence electrons. The van der Waals surface area contributed by atoms with Crippen molar-refractivity contribution in [3.05, 3.63) is 35.8 Å². The Morgan fingerprint density at radius 2 is 1.73 bits per heavy atom. The van der Waals surface area contributed by atoms with E-state index in [2.05, 4.69) is 15.0 Å². The van der Waals surface area contributed by atoms with Crippen LogP contribution < -0.4 is 10.0 Å². The molecule has 1 amide bonds. The molecule has 1 aromatic carbocycles. The van der Waals surface area contributed by atoms with E-state index in [9.17, 15) is 4.79 Å². The first-order valence-corrected chi connectivity index (χ1v) is 11.1. The summed E-state index contributed by atoms with van der Waals surface area (Å²) in [5.74, 6) is 2.64. The van der Waals surface area contributed by atoms with E-state index in [0.29, 0.717) is 0 Å². The Labute approximate surface area is 162 Å². The summed E-state index contributed by atoms with van der Waals surface area (Å²) in [7, 11) is 0. The van der Waals surface area contributed by atoms with Crippen LogP contribution in [0.2, 0.25) is 0 Å². The molecule has 0 unspecified atom stereocenters. The van der Waals surface area contributed by atoms with Crippen LogP contribution in [0, 0.1) is 23.2 Å². The second kappa shape index (κ2) is 6.57. The smallest absolute Gasteiger partial charge is 0.230 e. The molecule has 0 radical (unpaired) electrons. The quantitative estimate of drug-likeness (QED) is 0.675. The van der Waals surface area contributed by atoms with Gasteiger partial charge in [-0.1, -0.05) is 0 Å². The van der Waals surface area contributed by atoms with Crippen LogP contribution in [0.4, 0.5) is 10.8 Å². The van der Waals surface area contributed by atoms with Crippen molar-refractivity contribution in [2.24, 2.45) is 23.2 Å². The fraction of sp³-hybridized carbons (Fsp3) is 0.500. The molecule has 4 aliphatic carbocycles. The maximum absolute atomic E-state index is 13.1. The van der Waals surface area contributed by atoms with Gasteiger partial charge in [0.1, 0.15) is 0 Å². The van der Waals surface area contributed by atoms with Gasteiger partial charge in [-0.05, 0) is 92.5 Å². The number of carbonyl (C=O) groups excluding carboxylic acids is 1. The minimum absolute atomic E-state index is 0.0887. The van der Waals surface area contributed by atoms with Crippen LogP contribution in [-0.4, -0.2) is 10.9 Å². The van der Waals surface area contributed by atoms with Gasteiger partial charge in [-0.2, -0.15) is 0 Å². The van der Waals surface area contributed by atoms with E-state index in [1.54, 1.807) is 17.5 Å². The summed E-state index contributed by atoms with van der Waals surface area (Å²) < 4.78 is 3.23. The molecule has 0 saturated heterocycles. The Hall–Kier alpha value is -1.53. The van der Waals surface area contributed by atoms with Gasteiger partial charge in [0.2, 0.25) is 5.91 Å². The van der Waals surface area contributed by atoms with Crippen molar-refractivity contribution in [2.75, 3.05) is 10.0 Å². The Bertz CT molecular complexity index is 753. The van der Waals surface area contributed by atoms with Crippen molar-refractivity contribution in [2.45, 2.75) is 43.4 Å². The van der Waals surface area contributed by atoms with Gasteiger partial charge < -0.3 is 10.0 Å². The van der Waals surface area contributed by atoms with Gasteiger partial charge in [0.25, 0.3) is 0 Å².